The summed E-state index contributed by atoms with van der Waals surface area (Å²) in [6.45, 7) is 1.90. The van der Waals surface area contributed by atoms with Crippen LogP contribution in [-0.4, -0.2) is 0 Å². The largest absolute Gasteiger partial charge is 0.271 e. The molecule has 1 aromatic carbocycles. The van der Waals surface area contributed by atoms with E-state index in [-0.39, 0.29) is 11.9 Å². The van der Waals surface area contributed by atoms with Crippen molar-refractivity contribution in [3.05, 3.63) is 34.1 Å². The first-order valence-electron chi connectivity index (χ1n) is 3.56. The van der Waals surface area contributed by atoms with Crippen LogP contribution in [0.1, 0.15) is 18.5 Å². The molecule has 0 aliphatic heterocycles. The van der Waals surface area contributed by atoms with Gasteiger partial charge in [0.1, 0.15) is 5.82 Å². The molecule has 1 rings (SSSR count). The highest BCUT2D eigenvalue weighted by Crippen LogP contribution is 2.20. The normalized spacial score (nSPS) is 13.0. The highest BCUT2D eigenvalue weighted by atomic mass is 79.9. The summed E-state index contributed by atoms with van der Waals surface area (Å²) < 4.78 is 13.2. The Bertz CT molecular complexity index is 278. The first-order valence-corrected chi connectivity index (χ1v) is 4.35. The SMILES string of the molecule is C[C@@H](NN)c1ccc(F)c(Br)c1. The van der Waals surface area contributed by atoms with E-state index in [4.69, 9.17) is 5.84 Å². The number of hydrazine groups is 1. The molecule has 0 spiro atoms. The van der Waals surface area contributed by atoms with Crippen LogP contribution in [0.3, 0.4) is 0 Å². The minimum Gasteiger partial charge on any atom is -0.271 e. The van der Waals surface area contributed by atoms with Crippen molar-refractivity contribution in [3.63, 3.8) is 0 Å². The van der Waals surface area contributed by atoms with Gasteiger partial charge in [-0.3, -0.25) is 11.3 Å². The quantitative estimate of drug-likeness (QED) is 0.606. The summed E-state index contributed by atoms with van der Waals surface area (Å²) in [6.07, 6.45) is 0. The second-order valence-electron chi connectivity index (χ2n) is 2.56. The number of hydrogen-bond acceptors (Lipinski definition) is 2. The Labute approximate surface area is 79.1 Å². The number of nitrogens with one attached hydrogen (secondary N) is 1. The average Bonchev–Trinajstić information content (AvgIpc) is 2.08. The molecule has 0 heterocycles. The van der Waals surface area contributed by atoms with Gasteiger partial charge in [0.15, 0.2) is 0 Å². The van der Waals surface area contributed by atoms with Gasteiger partial charge in [-0.15, -0.1) is 0 Å². The van der Waals surface area contributed by atoms with E-state index in [1.54, 1.807) is 12.1 Å². The summed E-state index contributed by atoms with van der Waals surface area (Å²) >= 11 is 3.10. The highest BCUT2D eigenvalue weighted by Gasteiger charge is 2.05. The lowest BCUT2D eigenvalue weighted by Gasteiger charge is -2.10. The van der Waals surface area contributed by atoms with Crippen molar-refractivity contribution >= 4 is 15.9 Å². The fraction of sp³-hybridized carbons (Fsp3) is 0.250. The molecule has 12 heavy (non-hydrogen) atoms. The Morgan fingerprint density at radius 1 is 1.58 bits per heavy atom. The third-order valence-corrected chi connectivity index (χ3v) is 2.30. The number of rotatable bonds is 2. The van der Waals surface area contributed by atoms with Gasteiger partial charge in [0.25, 0.3) is 0 Å². The van der Waals surface area contributed by atoms with Crippen LogP contribution in [0.15, 0.2) is 22.7 Å². The van der Waals surface area contributed by atoms with Gasteiger partial charge in [0.05, 0.1) is 4.47 Å². The van der Waals surface area contributed by atoms with Crippen molar-refractivity contribution < 1.29 is 4.39 Å². The lowest BCUT2D eigenvalue weighted by Crippen LogP contribution is -2.25. The zero-order chi connectivity index (χ0) is 9.14. The molecule has 4 heteroatoms. The number of halogens is 2. The predicted octanol–water partition coefficient (Wildman–Crippen LogP) is 2.11. The van der Waals surface area contributed by atoms with Gasteiger partial charge in [-0.25, -0.2) is 4.39 Å². The number of benzene rings is 1. The number of nitrogens with two attached hydrogens (primary N) is 1. The second-order valence-corrected chi connectivity index (χ2v) is 3.42. The van der Waals surface area contributed by atoms with Crippen molar-refractivity contribution in [1.29, 1.82) is 0 Å². The summed E-state index contributed by atoms with van der Waals surface area (Å²) in [7, 11) is 0. The standard InChI is InChI=1S/C8H10BrFN2/c1-5(12-11)6-2-3-8(10)7(9)4-6/h2-5,12H,11H2,1H3/t5-/m1/s1. The van der Waals surface area contributed by atoms with E-state index in [1.807, 2.05) is 6.92 Å². The van der Waals surface area contributed by atoms with Crippen LogP contribution in [0.4, 0.5) is 4.39 Å². The smallest absolute Gasteiger partial charge is 0.137 e. The summed E-state index contributed by atoms with van der Waals surface area (Å²) in [6, 6.07) is 4.85. The van der Waals surface area contributed by atoms with Crippen molar-refractivity contribution in [1.82, 2.24) is 5.43 Å². The van der Waals surface area contributed by atoms with Gasteiger partial charge in [0.2, 0.25) is 0 Å². The maximum absolute atomic E-state index is 12.8. The van der Waals surface area contributed by atoms with Crippen molar-refractivity contribution in [2.45, 2.75) is 13.0 Å². The molecule has 0 aliphatic carbocycles. The van der Waals surface area contributed by atoms with Crippen LogP contribution in [0, 0.1) is 5.82 Å². The van der Waals surface area contributed by atoms with E-state index in [0.717, 1.165) is 5.56 Å². The summed E-state index contributed by atoms with van der Waals surface area (Å²) in [5.74, 6) is 4.97. The monoisotopic (exact) mass is 232 g/mol. The molecule has 1 aromatic rings. The molecule has 2 nitrogen and oxygen atoms in total. The Hall–Kier alpha value is -0.450. The van der Waals surface area contributed by atoms with Crippen molar-refractivity contribution in [3.8, 4) is 0 Å². The lowest BCUT2D eigenvalue weighted by atomic mass is 10.1. The molecule has 0 saturated heterocycles. The van der Waals surface area contributed by atoms with Gasteiger partial charge in [-0.2, -0.15) is 0 Å². The average molecular weight is 233 g/mol. The molecule has 0 bridgehead atoms. The summed E-state index contributed by atoms with van der Waals surface area (Å²) in [4.78, 5) is 0. The minimum absolute atomic E-state index is 0.0295. The minimum atomic E-state index is -0.261. The maximum Gasteiger partial charge on any atom is 0.137 e. The molecule has 0 radical (unpaired) electrons. The summed E-state index contributed by atoms with van der Waals surface area (Å²) in [5.41, 5.74) is 3.53. The Morgan fingerprint density at radius 3 is 2.75 bits per heavy atom. The first-order chi connectivity index (χ1) is 5.65. The Kier molecular flexibility index (Phi) is 3.20. The van der Waals surface area contributed by atoms with E-state index in [1.165, 1.54) is 6.07 Å². The molecule has 0 aliphatic rings. The zero-order valence-corrected chi connectivity index (χ0v) is 8.23. The van der Waals surface area contributed by atoms with E-state index in [9.17, 15) is 4.39 Å². The zero-order valence-electron chi connectivity index (χ0n) is 6.64. The molecule has 0 fully saturated rings. The van der Waals surface area contributed by atoms with Crippen molar-refractivity contribution in [2.75, 3.05) is 0 Å². The van der Waals surface area contributed by atoms with Gasteiger partial charge < -0.3 is 0 Å². The third kappa shape index (κ3) is 2.03. The third-order valence-electron chi connectivity index (χ3n) is 1.69. The molecular formula is C8H10BrFN2. The lowest BCUT2D eigenvalue weighted by molar-refractivity contribution is 0.592. The summed E-state index contributed by atoms with van der Waals surface area (Å²) in [5, 5.41) is 0. The van der Waals surface area contributed by atoms with E-state index in [0.29, 0.717) is 4.47 Å². The van der Waals surface area contributed by atoms with E-state index < -0.39 is 0 Å². The topological polar surface area (TPSA) is 38.0 Å². The van der Waals surface area contributed by atoms with E-state index >= 15 is 0 Å². The molecular weight excluding hydrogens is 223 g/mol. The van der Waals surface area contributed by atoms with E-state index in [2.05, 4.69) is 21.4 Å². The van der Waals surface area contributed by atoms with Gasteiger partial charge in [-0.05, 0) is 40.5 Å². The van der Waals surface area contributed by atoms with Crippen LogP contribution in [0.5, 0.6) is 0 Å². The van der Waals surface area contributed by atoms with Gasteiger partial charge >= 0.3 is 0 Å². The van der Waals surface area contributed by atoms with Crippen LogP contribution >= 0.6 is 15.9 Å². The van der Waals surface area contributed by atoms with Gasteiger partial charge in [-0.1, -0.05) is 6.07 Å². The fourth-order valence-electron chi connectivity index (χ4n) is 0.878. The van der Waals surface area contributed by atoms with Crippen LogP contribution in [-0.2, 0) is 0 Å². The van der Waals surface area contributed by atoms with Gasteiger partial charge in [0, 0.05) is 6.04 Å². The first kappa shape index (κ1) is 9.64. The van der Waals surface area contributed by atoms with Crippen LogP contribution in [0.2, 0.25) is 0 Å². The Morgan fingerprint density at radius 2 is 2.25 bits per heavy atom. The molecule has 3 N–H and O–H groups in total. The molecule has 0 amide bonds. The molecule has 1 atom stereocenters. The van der Waals surface area contributed by atoms with Crippen LogP contribution < -0.4 is 11.3 Å². The molecule has 0 unspecified atom stereocenters. The predicted molar refractivity (Wildman–Crippen MR) is 49.8 cm³/mol. The highest BCUT2D eigenvalue weighted by molar-refractivity contribution is 9.10. The fourth-order valence-corrected chi connectivity index (χ4v) is 1.27. The number of hydrogen-bond donors (Lipinski definition) is 2. The second kappa shape index (κ2) is 3.98. The van der Waals surface area contributed by atoms with Crippen LogP contribution in [0.25, 0.3) is 0 Å². The molecule has 66 valence electrons. The Balaban J connectivity index is 2.96. The molecule has 0 saturated carbocycles. The van der Waals surface area contributed by atoms with Crippen molar-refractivity contribution in [2.24, 2.45) is 5.84 Å². The molecule has 0 aromatic heterocycles. The maximum atomic E-state index is 12.8.